The summed E-state index contributed by atoms with van der Waals surface area (Å²) in [4.78, 5) is 28.1. The lowest BCUT2D eigenvalue weighted by Gasteiger charge is -2.33. The van der Waals surface area contributed by atoms with Crippen LogP contribution in [0.4, 0.5) is 0 Å². The molecule has 2 saturated heterocycles. The molecule has 4 rings (SSSR count). The van der Waals surface area contributed by atoms with E-state index in [1.165, 1.54) is 9.21 Å². The van der Waals surface area contributed by atoms with E-state index in [4.69, 9.17) is 0 Å². The zero-order valence-electron chi connectivity index (χ0n) is 16.9. The van der Waals surface area contributed by atoms with Crippen LogP contribution in [-0.2, 0) is 19.6 Å². The number of hydrogen-bond donors (Lipinski definition) is 1. The summed E-state index contributed by atoms with van der Waals surface area (Å²) in [6.07, 6.45) is 5.25. The van der Waals surface area contributed by atoms with Crippen molar-refractivity contribution in [1.29, 1.82) is 0 Å². The highest BCUT2D eigenvalue weighted by atomic mass is 32.2. The van der Waals surface area contributed by atoms with E-state index in [2.05, 4.69) is 0 Å². The Kier molecular flexibility index (Phi) is 5.35. The number of carbonyl (C=O) groups is 2. The highest BCUT2D eigenvalue weighted by Gasteiger charge is 2.48. The number of quaternary nitrogens is 1. The monoisotopic (exact) mass is 418 g/mol. The smallest absolute Gasteiger partial charge is 0.243 e. The molecule has 0 bridgehead atoms. The Labute approximate surface area is 172 Å². The van der Waals surface area contributed by atoms with Gasteiger partial charge in [-0.3, -0.25) is 9.59 Å². The summed E-state index contributed by atoms with van der Waals surface area (Å²) in [6, 6.07) is 5.38. The van der Waals surface area contributed by atoms with Gasteiger partial charge < -0.3 is 4.90 Å². The molecule has 2 fully saturated rings. The number of carbonyl (C=O) groups excluding carboxylic acids is 2. The maximum absolute atomic E-state index is 13.0. The van der Waals surface area contributed by atoms with Crippen LogP contribution in [0.5, 0.6) is 0 Å². The second kappa shape index (κ2) is 7.66. The first-order valence-corrected chi connectivity index (χ1v) is 11.6. The number of aryl methyl sites for hydroxylation is 2. The molecule has 0 aromatic heterocycles. The topological polar surface area (TPSA) is 79.2 Å². The average Bonchev–Trinajstić information content (AvgIpc) is 2.93. The number of nitrogens with one attached hydrogen (secondary N) is 1. The number of allylic oxidation sites excluding steroid dienone is 2. The Hall–Kier alpha value is -2.03. The first-order chi connectivity index (χ1) is 13.8. The van der Waals surface area contributed by atoms with Crippen molar-refractivity contribution in [3.05, 3.63) is 41.5 Å². The third-order valence-electron chi connectivity index (χ3n) is 6.36. The Morgan fingerprint density at radius 3 is 2.14 bits per heavy atom. The fourth-order valence-corrected chi connectivity index (χ4v) is 6.32. The van der Waals surface area contributed by atoms with Crippen LogP contribution in [0.1, 0.15) is 24.0 Å². The van der Waals surface area contributed by atoms with Crippen molar-refractivity contribution in [2.24, 2.45) is 11.8 Å². The fourth-order valence-electron chi connectivity index (χ4n) is 4.68. The molecule has 3 aliphatic rings. The molecule has 2 aliphatic heterocycles. The molecule has 0 radical (unpaired) electrons. The predicted octanol–water partition coefficient (Wildman–Crippen LogP) is 0.101. The summed E-state index contributed by atoms with van der Waals surface area (Å²) in [5.74, 6) is -0.555. The Balaban J connectivity index is 1.40. The number of rotatable bonds is 4. The zero-order valence-corrected chi connectivity index (χ0v) is 17.7. The van der Waals surface area contributed by atoms with Crippen LogP contribution in [0.3, 0.4) is 0 Å². The third-order valence-corrected chi connectivity index (χ3v) is 8.42. The Bertz CT molecular complexity index is 938. The van der Waals surface area contributed by atoms with Crippen LogP contribution in [-0.4, -0.2) is 62.3 Å². The summed E-state index contributed by atoms with van der Waals surface area (Å²) >= 11 is 0. The maximum atomic E-state index is 13.0. The largest absolute Gasteiger partial charge is 0.315 e. The van der Waals surface area contributed by atoms with E-state index in [1.807, 2.05) is 38.1 Å². The van der Waals surface area contributed by atoms with Crippen molar-refractivity contribution in [3.8, 4) is 0 Å². The van der Waals surface area contributed by atoms with E-state index < -0.39 is 10.0 Å². The molecule has 1 N–H and O–H groups in total. The summed E-state index contributed by atoms with van der Waals surface area (Å²) < 4.78 is 27.6. The fraction of sp³-hybridized carbons (Fsp3) is 0.524. The van der Waals surface area contributed by atoms with E-state index >= 15 is 0 Å². The standard InChI is InChI=1S/C21H27N3O4S/c1-15-7-8-19(16(2)13-15)29(27,28)23-11-9-22(10-12-23)14-24-20(25)17-5-3-4-6-18(17)21(24)26/h3-4,7-8,13,17-18H,5-6,9-12,14H2,1-2H3/p+1/t17-,18-/m1/s1. The van der Waals surface area contributed by atoms with Gasteiger partial charge in [-0.05, 0) is 38.3 Å². The van der Waals surface area contributed by atoms with E-state index in [0.717, 1.165) is 16.0 Å². The molecule has 2 amide bonds. The number of benzene rings is 1. The van der Waals surface area contributed by atoms with Gasteiger partial charge in [0.15, 0.2) is 6.67 Å². The number of fused-ring (bicyclic) bond motifs is 1. The van der Waals surface area contributed by atoms with Gasteiger partial charge in [-0.1, -0.05) is 29.8 Å². The van der Waals surface area contributed by atoms with Crippen molar-refractivity contribution in [2.45, 2.75) is 31.6 Å². The number of sulfonamides is 1. The molecule has 2 heterocycles. The molecule has 7 nitrogen and oxygen atoms in total. The van der Waals surface area contributed by atoms with Gasteiger partial charge in [0.2, 0.25) is 21.8 Å². The molecule has 156 valence electrons. The van der Waals surface area contributed by atoms with Crippen molar-refractivity contribution in [1.82, 2.24) is 9.21 Å². The Morgan fingerprint density at radius 2 is 1.59 bits per heavy atom. The van der Waals surface area contributed by atoms with Gasteiger partial charge in [0.1, 0.15) is 0 Å². The average molecular weight is 419 g/mol. The number of hydrogen-bond acceptors (Lipinski definition) is 4. The SMILES string of the molecule is Cc1ccc(S(=O)(=O)N2CC[NH+](CN3C(=O)[C@@H]4CC=CC[C@H]4C3=O)CC2)c(C)c1. The van der Waals surface area contributed by atoms with Crippen molar-refractivity contribution in [3.63, 3.8) is 0 Å². The molecule has 0 saturated carbocycles. The molecule has 1 aliphatic carbocycles. The van der Waals surface area contributed by atoms with E-state index in [9.17, 15) is 18.0 Å². The van der Waals surface area contributed by atoms with Gasteiger partial charge in [-0.15, -0.1) is 0 Å². The number of imide groups is 1. The van der Waals surface area contributed by atoms with Crippen molar-refractivity contribution < 1.29 is 22.9 Å². The second-order valence-corrected chi connectivity index (χ2v) is 10.2. The molecule has 29 heavy (non-hydrogen) atoms. The van der Waals surface area contributed by atoms with Crippen molar-refractivity contribution in [2.75, 3.05) is 32.8 Å². The third kappa shape index (κ3) is 3.65. The molecule has 8 heteroatoms. The highest BCUT2D eigenvalue weighted by molar-refractivity contribution is 7.89. The summed E-state index contributed by atoms with van der Waals surface area (Å²) in [5.41, 5.74) is 1.79. The first-order valence-electron chi connectivity index (χ1n) is 10.2. The summed E-state index contributed by atoms with van der Waals surface area (Å²) in [6.45, 7) is 6.02. The minimum atomic E-state index is -3.53. The van der Waals surface area contributed by atoms with Crippen LogP contribution in [0.25, 0.3) is 0 Å². The molecule has 1 aromatic carbocycles. The van der Waals surface area contributed by atoms with Crippen LogP contribution in [0, 0.1) is 25.7 Å². The number of amides is 2. The van der Waals surface area contributed by atoms with Gasteiger partial charge in [0.05, 0.1) is 42.9 Å². The first kappa shape index (κ1) is 20.3. The van der Waals surface area contributed by atoms with Gasteiger partial charge in [0, 0.05) is 0 Å². The lowest BCUT2D eigenvalue weighted by molar-refractivity contribution is -0.910. The maximum Gasteiger partial charge on any atom is 0.243 e. The second-order valence-electron chi connectivity index (χ2n) is 8.34. The molecular weight excluding hydrogens is 390 g/mol. The van der Waals surface area contributed by atoms with Gasteiger partial charge >= 0.3 is 0 Å². The van der Waals surface area contributed by atoms with Crippen molar-refractivity contribution >= 4 is 21.8 Å². The lowest BCUT2D eigenvalue weighted by atomic mass is 9.85. The van der Waals surface area contributed by atoms with Crippen LogP contribution in [0.15, 0.2) is 35.2 Å². The van der Waals surface area contributed by atoms with Gasteiger partial charge in [0.25, 0.3) is 0 Å². The summed E-state index contributed by atoms with van der Waals surface area (Å²) in [5, 5.41) is 0. The zero-order chi connectivity index (χ0) is 20.8. The number of piperazine rings is 1. The highest BCUT2D eigenvalue weighted by Crippen LogP contribution is 2.34. The minimum absolute atomic E-state index is 0.0674. The van der Waals surface area contributed by atoms with Crippen LogP contribution in [0.2, 0.25) is 0 Å². The molecule has 2 atom stereocenters. The van der Waals surface area contributed by atoms with Gasteiger partial charge in [-0.2, -0.15) is 4.31 Å². The summed E-state index contributed by atoms with van der Waals surface area (Å²) in [7, 11) is -3.53. The van der Waals surface area contributed by atoms with E-state index in [-0.39, 0.29) is 23.7 Å². The normalized spacial score (nSPS) is 26.2. The molecule has 1 aromatic rings. The van der Waals surface area contributed by atoms with E-state index in [1.54, 1.807) is 6.07 Å². The minimum Gasteiger partial charge on any atom is -0.315 e. The molecular formula is C21H28N3O4S+. The molecule has 0 unspecified atom stereocenters. The van der Waals surface area contributed by atoms with Gasteiger partial charge in [-0.25, -0.2) is 13.3 Å². The number of nitrogens with zero attached hydrogens (tertiary/aromatic N) is 2. The lowest BCUT2D eigenvalue weighted by Crippen LogP contribution is -3.16. The molecule has 0 spiro atoms. The van der Waals surface area contributed by atoms with Crippen LogP contribution >= 0.6 is 0 Å². The van der Waals surface area contributed by atoms with Crippen LogP contribution < -0.4 is 4.90 Å². The Morgan fingerprint density at radius 1 is 1.00 bits per heavy atom. The predicted molar refractivity (Wildman–Crippen MR) is 107 cm³/mol. The number of likely N-dealkylation sites (tertiary alicyclic amines) is 1. The quantitative estimate of drug-likeness (QED) is 0.556. The van der Waals surface area contributed by atoms with E-state index in [0.29, 0.717) is 50.6 Å².